The molecule has 0 bridgehead atoms. The van der Waals surface area contributed by atoms with Crippen molar-refractivity contribution in [1.82, 2.24) is 0 Å². The minimum atomic E-state index is -0.446. The van der Waals surface area contributed by atoms with Gasteiger partial charge in [0, 0.05) is 12.8 Å². The summed E-state index contributed by atoms with van der Waals surface area (Å²) in [5.41, 5.74) is 0. The average Bonchev–Trinajstić information content (AvgIpc) is 3.79. The minimum Gasteiger partial charge on any atom is -0.862 e. The van der Waals surface area contributed by atoms with E-state index in [1.54, 1.807) is 0 Å². The quantitative estimate of drug-likeness (QED) is 0.174. The molecule has 2 amide bonds. The van der Waals surface area contributed by atoms with Gasteiger partial charge in [0.1, 0.15) is 0 Å². The van der Waals surface area contributed by atoms with Gasteiger partial charge < -0.3 is 10.2 Å². The molecule has 0 spiro atoms. The van der Waals surface area contributed by atoms with Gasteiger partial charge >= 0.3 is 20.4 Å². The van der Waals surface area contributed by atoms with Crippen LogP contribution in [-0.4, -0.2) is 23.6 Å². The van der Waals surface area contributed by atoms with Crippen molar-refractivity contribution >= 4 is 71.3 Å². The Kier molecular flexibility index (Phi) is 17.2. The molecule has 0 radical (unpaired) electrons. The second-order valence-corrected chi connectivity index (χ2v) is 15.9. The third-order valence-electron chi connectivity index (χ3n) is 7.69. The van der Waals surface area contributed by atoms with Crippen LogP contribution in [0.15, 0.2) is 192 Å². The summed E-state index contributed by atoms with van der Waals surface area (Å²) in [7, 11) is -0.892. The molecule has 0 unspecified atom stereocenters. The van der Waals surface area contributed by atoms with Crippen molar-refractivity contribution in [3.8, 4) is 0 Å². The zero-order valence-electron chi connectivity index (χ0n) is 28.9. The maximum Gasteiger partial charge on any atom is 2.00 e. The molecule has 6 aromatic rings. The summed E-state index contributed by atoms with van der Waals surface area (Å²) in [5.74, 6) is -1.09. The van der Waals surface area contributed by atoms with Gasteiger partial charge in [-0.25, -0.2) is 9.98 Å². The largest absolute Gasteiger partial charge is 2.00 e. The maximum atomic E-state index is 10.1. The number of aliphatic imine (C=N–C) groups is 2. The molecule has 0 saturated carbocycles. The molecule has 2 aliphatic heterocycles. The molecule has 6 aromatic carbocycles. The Labute approximate surface area is 327 Å². The van der Waals surface area contributed by atoms with Crippen LogP contribution in [0.3, 0.4) is 0 Å². The van der Waals surface area contributed by atoms with Crippen LogP contribution >= 0.6 is 15.8 Å². The molecule has 9 heteroatoms. The Morgan fingerprint density at radius 3 is 0.642 bits per heavy atom. The van der Waals surface area contributed by atoms with E-state index in [2.05, 4.69) is 192 Å². The number of benzene rings is 6. The smallest absolute Gasteiger partial charge is 0.862 e. The predicted octanol–water partition coefficient (Wildman–Crippen LogP) is 5.02. The Morgan fingerprint density at radius 1 is 0.340 bits per heavy atom. The second kappa shape index (κ2) is 22.2. The molecule has 0 saturated heterocycles. The third kappa shape index (κ3) is 13.2. The van der Waals surface area contributed by atoms with E-state index in [1.165, 1.54) is 31.8 Å². The number of rotatable bonds is 6. The third-order valence-corrected chi connectivity index (χ3v) is 12.6. The predicted molar refractivity (Wildman–Crippen MR) is 214 cm³/mol. The van der Waals surface area contributed by atoms with Gasteiger partial charge in [-0.1, -0.05) is 182 Å². The van der Waals surface area contributed by atoms with E-state index >= 15 is 0 Å². The first-order valence-electron chi connectivity index (χ1n) is 16.9. The zero-order valence-corrected chi connectivity index (χ0v) is 32.2. The van der Waals surface area contributed by atoms with Gasteiger partial charge in [-0.3, -0.25) is 9.59 Å². The molecule has 0 N–H and O–H groups in total. The molecular weight excluding hydrogens is 789 g/mol. The van der Waals surface area contributed by atoms with Crippen LogP contribution in [0.2, 0.25) is 0 Å². The van der Waals surface area contributed by atoms with E-state index in [0.717, 1.165) is 0 Å². The number of hydrogen-bond acceptors (Lipinski definition) is 4. The number of carbonyl (C=O) groups excluding carboxylic acids is 2. The van der Waals surface area contributed by atoms with Gasteiger partial charge in [-0.05, 0) is 72.3 Å². The molecule has 0 aliphatic carbocycles. The molecule has 0 fully saturated rings. The fourth-order valence-corrected chi connectivity index (χ4v) is 9.90. The van der Waals surface area contributed by atoms with Crippen LogP contribution < -0.4 is 42.0 Å². The fraction of sp³-hybridized carbons (Fsp3) is 0.0909. The van der Waals surface area contributed by atoms with Gasteiger partial charge in [0.2, 0.25) is 11.8 Å². The second-order valence-electron chi connectivity index (χ2n) is 11.5. The molecule has 2 aliphatic rings. The van der Waals surface area contributed by atoms with Crippen molar-refractivity contribution < 1.29 is 40.2 Å². The number of nitrogens with zero attached hydrogens (tertiary/aromatic N) is 2. The van der Waals surface area contributed by atoms with Crippen molar-refractivity contribution in [2.75, 3.05) is 0 Å². The van der Waals surface area contributed by atoms with Gasteiger partial charge in [0.25, 0.3) is 0 Å². The minimum absolute atomic E-state index is 0. The summed E-state index contributed by atoms with van der Waals surface area (Å²) in [6, 6.07) is 64.7. The summed E-state index contributed by atoms with van der Waals surface area (Å²) in [5, 5.41) is 28.5. The molecule has 6 nitrogen and oxygen atoms in total. The normalized spacial score (nSPS) is 12.9. The molecule has 53 heavy (non-hydrogen) atoms. The van der Waals surface area contributed by atoms with Crippen molar-refractivity contribution in [3.05, 3.63) is 182 Å². The standard InChI is InChI=1S/2C18H15P.2C4H5NO2.Pd/c2*1-4-10-16(11-5-1)19(17-12-6-2-7-13-17)18-14-8-3-9-15-18;2*6-3-1-2-4(7)5-3;/h2*1-15H;2*1-2H2,(H,5,6,7);/q;;;;+2/p-2. The van der Waals surface area contributed by atoms with Crippen LogP contribution in [0.1, 0.15) is 25.7 Å². The average molecular weight is 827 g/mol. The first-order valence-corrected chi connectivity index (χ1v) is 19.6. The summed E-state index contributed by atoms with van der Waals surface area (Å²) >= 11 is 0. The maximum absolute atomic E-state index is 10.1. The van der Waals surface area contributed by atoms with Crippen molar-refractivity contribution in [3.63, 3.8) is 0 Å². The number of carbonyl (C=O) groups is 2. The SMILES string of the molecule is O=C1CCC([O-])=N1.O=C1CCC([O-])=N1.[Pd+2].c1ccc(P(c2ccccc2)c2ccccc2)cc1.c1ccc(P(c2ccccc2)c2ccccc2)cc1. The molecule has 268 valence electrons. The van der Waals surface area contributed by atoms with E-state index < -0.39 is 15.8 Å². The molecule has 0 aromatic heterocycles. The molecule has 8 rings (SSSR count). The Balaban J connectivity index is 0.000000172. The van der Waals surface area contributed by atoms with Gasteiger partial charge in [0.15, 0.2) is 0 Å². The zero-order chi connectivity index (χ0) is 36.4. The first kappa shape index (κ1) is 40.9. The number of hydrogen-bond donors (Lipinski definition) is 0. The Bertz CT molecular complexity index is 1700. The summed E-state index contributed by atoms with van der Waals surface area (Å²) in [6.45, 7) is 0. The summed E-state index contributed by atoms with van der Waals surface area (Å²) < 4.78 is 0. The van der Waals surface area contributed by atoms with Crippen LogP contribution in [-0.2, 0) is 30.0 Å². The van der Waals surface area contributed by atoms with Crippen molar-refractivity contribution in [2.24, 2.45) is 9.98 Å². The monoisotopic (exact) mass is 826 g/mol. The Hall–Kier alpha value is -4.88. The molecule has 0 atom stereocenters. The van der Waals surface area contributed by atoms with Crippen LogP contribution in [0.4, 0.5) is 0 Å². The van der Waals surface area contributed by atoms with E-state index in [-0.39, 0.29) is 44.0 Å². The van der Waals surface area contributed by atoms with Gasteiger partial charge in [-0.2, -0.15) is 0 Å². The van der Waals surface area contributed by atoms with Crippen LogP contribution in [0.25, 0.3) is 0 Å². The van der Waals surface area contributed by atoms with E-state index in [0.29, 0.717) is 25.7 Å². The van der Waals surface area contributed by atoms with Crippen LogP contribution in [0, 0.1) is 0 Å². The molecule has 2 heterocycles. The van der Waals surface area contributed by atoms with Crippen molar-refractivity contribution in [2.45, 2.75) is 25.7 Å². The fourth-order valence-electron chi connectivity index (χ4n) is 5.29. The Morgan fingerprint density at radius 2 is 0.528 bits per heavy atom. The van der Waals surface area contributed by atoms with Gasteiger partial charge in [0.05, 0.1) is 0 Å². The van der Waals surface area contributed by atoms with E-state index in [1.807, 2.05) is 0 Å². The van der Waals surface area contributed by atoms with Crippen molar-refractivity contribution in [1.29, 1.82) is 0 Å². The van der Waals surface area contributed by atoms with Crippen LogP contribution in [0.5, 0.6) is 0 Å². The van der Waals surface area contributed by atoms with E-state index in [9.17, 15) is 19.8 Å². The summed E-state index contributed by atoms with van der Waals surface area (Å²) in [4.78, 5) is 26.4. The topological polar surface area (TPSA) is 105 Å². The number of amides is 2. The molecular formula is C44H38N2O4P2Pd. The van der Waals surface area contributed by atoms with E-state index in [4.69, 9.17) is 0 Å². The summed E-state index contributed by atoms with van der Waals surface area (Å²) in [6.07, 6.45) is 1.27. The van der Waals surface area contributed by atoms with Gasteiger partial charge in [-0.15, -0.1) is 0 Å². The first-order chi connectivity index (χ1) is 25.5.